The molecule has 0 aliphatic carbocycles. The lowest BCUT2D eigenvalue weighted by molar-refractivity contribution is 0.167. The fourth-order valence-corrected chi connectivity index (χ4v) is 3.62. The summed E-state index contributed by atoms with van der Waals surface area (Å²) < 4.78 is 6.00. The van der Waals surface area contributed by atoms with Crippen LogP contribution in [0.2, 0.25) is 0 Å². The number of para-hydroxylation sites is 1. The van der Waals surface area contributed by atoms with Gasteiger partial charge in [-0.3, -0.25) is 0 Å². The van der Waals surface area contributed by atoms with Crippen molar-refractivity contribution in [2.24, 2.45) is 4.99 Å². The first kappa shape index (κ1) is 21.3. The van der Waals surface area contributed by atoms with E-state index in [9.17, 15) is 0 Å². The van der Waals surface area contributed by atoms with Gasteiger partial charge in [0, 0.05) is 38.1 Å². The maximum absolute atomic E-state index is 6.00. The number of halogens is 1. The van der Waals surface area contributed by atoms with Gasteiger partial charge < -0.3 is 20.3 Å². The number of fused-ring (bicyclic) bond motifs is 1. The lowest BCUT2D eigenvalue weighted by Crippen LogP contribution is -2.50. The number of hydrogen-bond donors (Lipinski definition) is 2. The fraction of sp³-hybridized carbons (Fsp3) is 0.650. The molecule has 1 aromatic carbocycles. The van der Waals surface area contributed by atoms with E-state index in [1.54, 1.807) is 0 Å². The first-order valence-corrected chi connectivity index (χ1v) is 9.69. The Morgan fingerprint density at radius 2 is 2.00 bits per heavy atom. The molecule has 146 valence electrons. The van der Waals surface area contributed by atoms with Gasteiger partial charge in [-0.25, -0.2) is 4.99 Å². The average Bonchev–Trinajstić information content (AvgIpc) is 3.03. The van der Waals surface area contributed by atoms with E-state index in [1.165, 1.54) is 18.4 Å². The molecule has 2 aliphatic rings. The van der Waals surface area contributed by atoms with Gasteiger partial charge in [0.15, 0.2) is 5.96 Å². The number of guanidine groups is 1. The van der Waals surface area contributed by atoms with Crippen molar-refractivity contribution in [2.75, 3.05) is 26.2 Å². The molecule has 1 saturated heterocycles. The van der Waals surface area contributed by atoms with Crippen LogP contribution in [0.15, 0.2) is 29.3 Å². The Kier molecular flexibility index (Phi) is 8.47. The molecule has 0 aromatic heterocycles. The van der Waals surface area contributed by atoms with Gasteiger partial charge in [-0.2, -0.15) is 0 Å². The molecule has 6 heteroatoms. The normalized spacial score (nSPS) is 21.1. The van der Waals surface area contributed by atoms with Crippen LogP contribution in [0.1, 0.15) is 39.2 Å². The first-order chi connectivity index (χ1) is 12.2. The van der Waals surface area contributed by atoms with Crippen LogP contribution in [-0.2, 0) is 6.42 Å². The third kappa shape index (κ3) is 5.74. The molecule has 0 spiro atoms. The second-order valence-corrected chi connectivity index (χ2v) is 7.32. The number of aliphatic imine (C=N–C) groups is 1. The van der Waals surface area contributed by atoms with Crippen LogP contribution in [0.25, 0.3) is 0 Å². The number of piperidine rings is 1. The highest BCUT2D eigenvalue weighted by atomic mass is 127. The standard InChI is InChI=1S/C20H32N4O.HI/c1-4-21-20(23-17-9-11-24(12-10-17)15(2)3)22-14-18-13-16-7-5-6-8-19(16)25-18;/h5-8,15,17-18H,4,9-14H2,1-3H3,(H2,21,22,23);1H. The van der Waals surface area contributed by atoms with Gasteiger partial charge in [0.1, 0.15) is 11.9 Å². The van der Waals surface area contributed by atoms with Crippen LogP contribution in [-0.4, -0.2) is 55.2 Å². The molecule has 1 unspecified atom stereocenters. The van der Waals surface area contributed by atoms with E-state index in [0.717, 1.165) is 37.8 Å². The van der Waals surface area contributed by atoms with Crippen LogP contribution in [0, 0.1) is 0 Å². The molecule has 5 nitrogen and oxygen atoms in total. The summed E-state index contributed by atoms with van der Waals surface area (Å²) in [5, 5.41) is 7.00. The molecule has 2 N–H and O–H groups in total. The Morgan fingerprint density at radius 3 is 2.65 bits per heavy atom. The van der Waals surface area contributed by atoms with Crippen LogP contribution < -0.4 is 15.4 Å². The van der Waals surface area contributed by atoms with Crippen LogP contribution in [0.5, 0.6) is 5.75 Å². The average molecular weight is 472 g/mol. The number of ether oxygens (including phenoxy) is 1. The van der Waals surface area contributed by atoms with Gasteiger partial charge in [0.2, 0.25) is 0 Å². The van der Waals surface area contributed by atoms with Crippen molar-refractivity contribution >= 4 is 29.9 Å². The zero-order valence-corrected chi connectivity index (χ0v) is 18.5. The Bertz CT molecular complexity index is 560. The highest BCUT2D eigenvalue weighted by molar-refractivity contribution is 14.0. The molecule has 0 radical (unpaired) electrons. The Labute approximate surface area is 175 Å². The number of nitrogens with zero attached hydrogens (tertiary/aromatic N) is 2. The van der Waals surface area contributed by atoms with Crippen molar-refractivity contribution in [1.29, 1.82) is 0 Å². The second-order valence-electron chi connectivity index (χ2n) is 7.32. The van der Waals surface area contributed by atoms with E-state index in [-0.39, 0.29) is 30.1 Å². The van der Waals surface area contributed by atoms with Crippen molar-refractivity contribution in [1.82, 2.24) is 15.5 Å². The number of rotatable bonds is 5. The molecule has 0 saturated carbocycles. The third-order valence-electron chi connectivity index (χ3n) is 5.11. The lowest BCUT2D eigenvalue weighted by atomic mass is 10.0. The minimum absolute atomic E-state index is 0. The molecule has 1 fully saturated rings. The molecular formula is C20H33IN4O. The van der Waals surface area contributed by atoms with Gasteiger partial charge in [-0.1, -0.05) is 18.2 Å². The van der Waals surface area contributed by atoms with Crippen LogP contribution in [0.4, 0.5) is 0 Å². The summed E-state index contributed by atoms with van der Waals surface area (Å²) >= 11 is 0. The van der Waals surface area contributed by atoms with Crippen LogP contribution >= 0.6 is 24.0 Å². The number of benzene rings is 1. The zero-order chi connectivity index (χ0) is 17.6. The molecule has 3 rings (SSSR count). The summed E-state index contributed by atoms with van der Waals surface area (Å²) in [5.74, 6) is 1.94. The van der Waals surface area contributed by atoms with Crippen molar-refractivity contribution in [3.8, 4) is 5.75 Å². The SMILES string of the molecule is CCNC(=NCC1Cc2ccccc2O1)NC1CCN(C(C)C)CC1.I. The second kappa shape index (κ2) is 10.3. The van der Waals surface area contributed by atoms with Gasteiger partial charge in [0.25, 0.3) is 0 Å². The van der Waals surface area contributed by atoms with E-state index in [0.29, 0.717) is 18.6 Å². The van der Waals surface area contributed by atoms with Gasteiger partial charge in [0.05, 0.1) is 6.54 Å². The Hall–Kier alpha value is -1.02. The van der Waals surface area contributed by atoms with Crippen LogP contribution in [0.3, 0.4) is 0 Å². The summed E-state index contributed by atoms with van der Waals surface area (Å²) in [4.78, 5) is 7.33. The lowest BCUT2D eigenvalue weighted by Gasteiger charge is -2.35. The molecule has 26 heavy (non-hydrogen) atoms. The summed E-state index contributed by atoms with van der Waals surface area (Å²) in [7, 11) is 0. The highest BCUT2D eigenvalue weighted by Gasteiger charge is 2.23. The Balaban J connectivity index is 0.00000243. The maximum atomic E-state index is 6.00. The fourth-order valence-electron chi connectivity index (χ4n) is 3.62. The molecule has 1 atom stereocenters. The summed E-state index contributed by atoms with van der Waals surface area (Å²) in [6, 6.07) is 9.44. The molecular weight excluding hydrogens is 439 g/mol. The first-order valence-electron chi connectivity index (χ1n) is 9.69. The number of likely N-dealkylation sites (tertiary alicyclic amines) is 1. The minimum Gasteiger partial charge on any atom is -0.488 e. The minimum atomic E-state index is 0. The molecule has 1 aromatic rings. The van der Waals surface area contributed by atoms with E-state index < -0.39 is 0 Å². The predicted molar refractivity (Wildman–Crippen MR) is 119 cm³/mol. The highest BCUT2D eigenvalue weighted by Crippen LogP contribution is 2.28. The largest absolute Gasteiger partial charge is 0.488 e. The van der Waals surface area contributed by atoms with Gasteiger partial charge in [-0.15, -0.1) is 24.0 Å². The van der Waals surface area contributed by atoms with E-state index in [2.05, 4.69) is 48.4 Å². The smallest absolute Gasteiger partial charge is 0.191 e. The number of nitrogens with one attached hydrogen (secondary N) is 2. The summed E-state index contributed by atoms with van der Waals surface area (Å²) in [6.07, 6.45) is 3.45. The Morgan fingerprint density at radius 1 is 1.27 bits per heavy atom. The third-order valence-corrected chi connectivity index (χ3v) is 5.11. The maximum Gasteiger partial charge on any atom is 0.191 e. The zero-order valence-electron chi connectivity index (χ0n) is 16.2. The molecule has 0 amide bonds. The van der Waals surface area contributed by atoms with E-state index >= 15 is 0 Å². The predicted octanol–water partition coefficient (Wildman–Crippen LogP) is 3.04. The van der Waals surface area contributed by atoms with E-state index in [1.807, 2.05) is 12.1 Å². The quantitative estimate of drug-likeness (QED) is 0.393. The topological polar surface area (TPSA) is 48.9 Å². The molecule has 0 bridgehead atoms. The molecule has 2 aliphatic heterocycles. The van der Waals surface area contributed by atoms with E-state index in [4.69, 9.17) is 9.73 Å². The van der Waals surface area contributed by atoms with Crippen molar-refractivity contribution in [2.45, 2.75) is 58.2 Å². The monoisotopic (exact) mass is 472 g/mol. The summed E-state index contributed by atoms with van der Waals surface area (Å²) in [5.41, 5.74) is 1.29. The molecule has 2 heterocycles. The number of hydrogen-bond acceptors (Lipinski definition) is 3. The van der Waals surface area contributed by atoms with Gasteiger partial charge in [-0.05, 0) is 45.2 Å². The van der Waals surface area contributed by atoms with Crippen molar-refractivity contribution in [3.63, 3.8) is 0 Å². The summed E-state index contributed by atoms with van der Waals surface area (Å²) in [6.45, 7) is 10.6. The van der Waals surface area contributed by atoms with Crippen molar-refractivity contribution < 1.29 is 4.74 Å². The van der Waals surface area contributed by atoms with Gasteiger partial charge >= 0.3 is 0 Å². The van der Waals surface area contributed by atoms with Crippen molar-refractivity contribution in [3.05, 3.63) is 29.8 Å².